The van der Waals surface area contributed by atoms with Crippen LogP contribution >= 0.6 is 11.6 Å². The average molecular weight is 469 g/mol. The summed E-state index contributed by atoms with van der Waals surface area (Å²) in [4.78, 5) is 27.8. The van der Waals surface area contributed by atoms with Crippen LogP contribution in [0.3, 0.4) is 0 Å². The Bertz CT molecular complexity index is 1570. The second-order valence-electron chi connectivity index (χ2n) is 7.93. The molecule has 0 aliphatic heterocycles. The molecular formula is C21H15ClF2N8O. The molecule has 2 atom stereocenters. The smallest absolute Gasteiger partial charge is 0.231 e. The van der Waals surface area contributed by atoms with Crippen LogP contribution in [0.1, 0.15) is 12.2 Å². The number of carbonyl (C=O) groups is 1. The van der Waals surface area contributed by atoms with Crippen molar-refractivity contribution >= 4 is 39.9 Å². The Balaban J connectivity index is 1.45. The number of rotatable bonds is 4. The first-order valence-electron chi connectivity index (χ1n) is 10.1. The molecule has 2 unspecified atom stereocenters. The second kappa shape index (κ2) is 7.07. The van der Waals surface area contributed by atoms with Crippen LogP contribution in [0.25, 0.3) is 39.1 Å². The summed E-state index contributed by atoms with van der Waals surface area (Å²) in [6, 6.07) is 0. The molecule has 6 rings (SSSR count). The van der Waals surface area contributed by atoms with E-state index in [2.05, 4.69) is 35.5 Å². The summed E-state index contributed by atoms with van der Waals surface area (Å²) in [6.45, 7) is 1.77. The van der Waals surface area contributed by atoms with E-state index < -0.39 is 23.8 Å². The van der Waals surface area contributed by atoms with Gasteiger partial charge in [-0.2, -0.15) is 5.10 Å². The van der Waals surface area contributed by atoms with Gasteiger partial charge < -0.3 is 14.7 Å². The molecule has 12 heteroatoms. The number of nitrogens with zero attached hydrogens (tertiary/aromatic N) is 5. The molecular weight excluding hydrogens is 454 g/mol. The Morgan fingerprint density at radius 1 is 1.24 bits per heavy atom. The Morgan fingerprint density at radius 3 is 2.79 bits per heavy atom. The molecule has 0 saturated heterocycles. The molecule has 1 aliphatic rings. The summed E-state index contributed by atoms with van der Waals surface area (Å²) in [5, 5.41) is 9.98. The lowest BCUT2D eigenvalue weighted by molar-refractivity contribution is -0.117. The SMILES string of the molecule is Cc1ncc(-c2c(F)c(Cl)c(-c3cn4cc(NC(=O)C5CC5F)nc4cn3)c3cn[nH]c23)[nH]1. The lowest BCUT2D eigenvalue weighted by atomic mass is 10.0. The minimum atomic E-state index is -1.10. The molecule has 0 spiro atoms. The molecule has 9 nitrogen and oxygen atoms in total. The summed E-state index contributed by atoms with van der Waals surface area (Å²) >= 11 is 6.50. The van der Waals surface area contributed by atoms with Crippen molar-refractivity contribution in [3.63, 3.8) is 0 Å². The molecule has 1 aliphatic carbocycles. The monoisotopic (exact) mass is 468 g/mol. The summed E-state index contributed by atoms with van der Waals surface area (Å²) in [7, 11) is 0. The average Bonchev–Trinajstić information content (AvgIpc) is 3.16. The highest BCUT2D eigenvalue weighted by Crippen LogP contribution is 2.42. The number of nitrogens with one attached hydrogen (secondary N) is 3. The molecule has 166 valence electrons. The highest BCUT2D eigenvalue weighted by Gasteiger charge is 2.43. The number of H-pyrrole nitrogens is 2. The van der Waals surface area contributed by atoms with Gasteiger partial charge in [0.25, 0.3) is 0 Å². The number of hydrogen-bond acceptors (Lipinski definition) is 5. The first kappa shape index (κ1) is 19.8. The minimum absolute atomic E-state index is 0.116. The van der Waals surface area contributed by atoms with Gasteiger partial charge in [-0.15, -0.1) is 0 Å². The molecule has 1 amide bonds. The largest absolute Gasteiger partial charge is 0.342 e. The van der Waals surface area contributed by atoms with Crippen molar-refractivity contribution in [2.45, 2.75) is 19.5 Å². The maximum atomic E-state index is 15.5. The maximum absolute atomic E-state index is 15.5. The van der Waals surface area contributed by atoms with E-state index in [1.165, 1.54) is 12.4 Å². The Labute approximate surface area is 189 Å². The highest BCUT2D eigenvalue weighted by molar-refractivity contribution is 6.35. The summed E-state index contributed by atoms with van der Waals surface area (Å²) in [6.07, 6.45) is 6.89. The van der Waals surface area contributed by atoms with Gasteiger partial charge in [0.05, 0.1) is 58.2 Å². The van der Waals surface area contributed by atoms with Crippen LogP contribution in [0, 0.1) is 18.7 Å². The van der Waals surface area contributed by atoms with E-state index in [0.29, 0.717) is 39.3 Å². The third-order valence-electron chi connectivity index (χ3n) is 5.66. The van der Waals surface area contributed by atoms with Gasteiger partial charge in [-0.3, -0.25) is 14.9 Å². The summed E-state index contributed by atoms with van der Waals surface area (Å²) in [5.74, 6) is -0.770. The van der Waals surface area contributed by atoms with Crippen LogP contribution in [-0.2, 0) is 4.79 Å². The number of fused-ring (bicyclic) bond motifs is 2. The molecule has 4 heterocycles. The van der Waals surface area contributed by atoms with Crippen LogP contribution in [0.15, 0.2) is 31.0 Å². The number of aromatic amines is 2. The second-order valence-corrected chi connectivity index (χ2v) is 8.31. The van der Waals surface area contributed by atoms with E-state index in [9.17, 15) is 9.18 Å². The standard InChI is InChI=1S/C21H15ClF2N8O/c1-8-25-4-12(28-8)17-19(24)18(22)16(10-3-27-31-20(10)17)13-6-32-7-14(29-15(32)5-26-13)30-21(33)9-2-11(9)23/h3-7,9,11H,2H2,1H3,(H,25,28)(H,27,31)(H,30,33). The predicted molar refractivity (Wildman–Crippen MR) is 117 cm³/mol. The predicted octanol–water partition coefficient (Wildman–Crippen LogP) is 4.06. The Kier molecular flexibility index (Phi) is 4.24. The van der Waals surface area contributed by atoms with Crippen molar-refractivity contribution in [3.8, 4) is 22.5 Å². The van der Waals surface area contributed by atoms with Gasteiger partial charge in [0, 0.05) is 17.1 Å². The zero-order valence-electron chi connectivity index (χ0n) is 17.0. The van der Waals surface area contributed by atoms with Crippen LogP contribution in [0.5, 0.6) is 0 Å². The van der Waals surface area contributed by atoms with Gasteiger partial charge in [-0.1, -0.05) is 11.6 Å². The van der Waals surface area contributed by atoms with Crippen LogP contribution in [0.4, 0.5) is 14.6 Å². The van der Waals surface area contributed by atoms with E-state index in [1.54, 1.807) is 29.9 Å². The van der Waals surface area contributed by atoms with Crippen LogP contribution in [-0.4, -0.2) is 46.6 Å². The Hall–Kier alpha value is -3.86. The highest BCUT2D eigenvalue weighted by atomic mass is 35.5. The number of aromatic nitrogens is 7. The molecule has 33 heavy (non-hydrogen) atoms. The first-order chi connectivity index (χ1) is 15.9. The first-order valence-corrected chi connectivity index (χ1v) is 10.4. The summed E-state index contributed by atoms with van der Waals surface area (Å²) < 4.78 is 30.2. The molecule has 3 N–H and O–H groups in total. The quantitative estimate of drug-likeness (QED) is 0.368. The summed E-state index contributed by atoms with van der Waals surface area (Å²) in [5.41, 5.74) is 2.34. The number of anilines is 1. The van der Waals surface area contributed by atoms with E-state index in [1.807, 2.05) is 0 Å². The van der Waals surface area contributed by atoms with E-state index >= 15 is 4.39 Å². The van der Waals surface area contributed by atoms with Crippen molar-refractivity contribution < 1.29 is 13.6 Å². The topological polar surface area (TPSA) is 117 Å². The lowest BCUT2D eigenvalue weighted by Gasteiger charge is -2.11. The zero-order valence-corrected chi connectivity index (χ0v) is 17.8. The van der Waals surface area contributed by atoms with Gasteiger partial charge in [-0.05, 0) is 13.3 Å². The molecule has 1 fully saturated rings. The number of imidazole rings is 2. The molecule has 4 aromatic heterocycles. The number of hydrogen-bond donors (Lipinski definition) is 3. The van der Waals surface area contributed by atoms with E-state index in [-0.39, 0.29) is 22.8 Å². The van der Waals surface area contributed by atoms with Crippen molar-refractivity contribution in [2.24, 2.45) is 5.92 Å². The van der Waals surface area contributed by atoms with E-state index in [0.717, 1.165) is 0 Å². The van der Waals surface area contributed by atoms with Crippen molar-refractivity contribution in [1.82, 2.24) is 34.5 Å². The number of carbonyl (C=O) groups excluding carboxylic acids is 1. The minimum Gasteiger partial charge on any atom is -0.342 e. The van der Waals surface area contributed by atoms with Gasteiger partial charge >= 0.3 is 0 Å². The Morgan fingerprint density at radius 2 is 2.06 bits per heavy atom. The molecule has 5 aromatic rings. The third-order valence-corrected chi connectivity index (χ3v) is 6.02. The molecule has 0 bridgehead atoms. The number of halogens is 3. The fourth-order valence-corrected chi connectivity index (χ4v) is 4.20. The van der Waals surface area contributed by atoms with Crippen LogP contribution in [0.2, 0.25) is 5.02 Å². The van der Waals surface area contributed by atoms with Gasteiger partial charge in [0.1, 0.15) is 12.0 Å². The zero-order chi connectivity index (χ0) is 22.9. The van der Waals surface area contributed by atoms with Crippen molar-refractivity contribution in [1.29, 1.82) is 0 Å². The third kappa shape index (κ3) is 3.15. The molecule has 0 radical (unpaired) electrons. The van der Waals surface area contributed by atoms with Gasteiger partial charge in [0.2, 0.25) is 5.91 Å². The molecule has 1 aromatic carbocycles. The van der Waals surface area contributed by atoms with Crippen LogP contribution < -0.4 is 5.32 Å². The number of aryl methyl sites for hydroxylation is 1. The van der Waals surface area contributed by atoms with Gasteiger partial charge in [0.15, 0.2) is 17.3 Å². The fourth-order valence-electron chi connectivity index (χ4n) is 3.91. The fraction of sp³-hybridized carbons (Fsp3) is 0.190. The van der Waals surface area contributed by atoms with E-state index in [4.69, 9.17) is 11.6 Å². The lowest BCUT2D eigenvalue weighted by Crippen LogP contribution is -2.15. The maximum Gasteiger partial charge on any atom is 0.231 e. The van der Waals surface area contributed by atoms with Gasteiger partial charge in [-0.25, -0.2) is 18.7 Å². The van der Waals surface area contributed by atoms with Crippen molar-refractivity contribution in [2.75, 3.05) is 5.32 Å². The number of alkyl halides is 1. The normalized spacial score (nSPS) is 17.7. The van der Waals surface area contributed by atoms with Crippen molar-refractivity contribution in [3.05, 3.63) is 47.6 Å². The number of benzene rings is 1. The molecule has 1 saturated carbocycles. The number of amides is 1.